The van der Waals surface area contributed by atoms with Gasteiger partial charge in [-0.15, -0.1) is 0 Å². The van der Waals surface area contributed by atoms with Gasteiger partial charge in [-0.3, -0.25) is 0 Å². The van der Waals surface area contributed by atoms with E-state index in [0.29, 0.717) is 0 Å². The van der Waals surface area contributed by atoms with E-state index in [1.807, 2.05) is 0 Å². The first kappa shape index (κ1) is 16.5. The molecule has 3 heteroatoms. The highest BCUT2D eigenvalue weighted by Gasteiger charge is 2.21. The van der Waals surface area contributed by atoms with Crippen LogP contribution in [0.4, 0.5) is 5.69 Å². The maximum atomic E-state index is 6.03. The van der Waals surface area contributed by atoms with Crippen LogP contribution in [0.1, 0.15) is 46.1 Å². The monoisotopic (exact) mass is 326 g/mol. The molecule has 1 aromatic carbocycles. The van der Waals surface area contributed by atoms with Gasteiger partial charge < -0.3 is 10.6 Å². The van der Waals surface area contributed by atoms with E-state index in [4.69, 9.17) is 5.73 Å². The molecule has 0 aliphatic heterocycles. The van der Waals surface area contributed by atoms with E-state index in [-0.39, 0.29) is 11.6 Å². The van der Waals surface area contributed by atoms with Gasteiger partial charge in [0.25, 0.3) is 0 Å². The summed E-state index contributed by atoms with van der Waals surface area (Å²) >= 11 is 3.68. The van der Waals surface area contributed by atoms with Crippen molar-refractivity contribution >= 4 is 21.6 Å². The first-order chi connectivity index (χ1) is 8.81. The lowest BCUT2D eigenvalue weighted by molar-refractivity contribution is 0.470. The molecule has 0 saturated carbocycles. The summed E-state index contributed by atoms with van der Waals surface area (Å²) in [6.07, 6.45) is 3.05. The Balaban J connectivity index is 2.93. The van der Waals surface area contributed by atoms with Crippen molar-refractivity contribution in [2.45, 2.75) is 58.5 Å². The van der Waals surface area contributed by atoms with E-state index in [1.165, 1.54) is 11.3 Å². The fourth-order valence-electron chi connectivity index (χ4n) is 1.92. The van der Waals surface area contributed by atoms with Gasteiger partial charge in [-0.25, -0.2) is 0 Å². The first-order valence-electron chi connectivity index (χ1n) is 7.09. The molecule has 1 unspecified atom stereocenters. The van der Waals surface area contributed by atoms with Crippen molar-refractivity contribution in [2.24, 2.45) is 5.73 Å². The van der Waals surface area contributed by atoms with E-state index in [0.717, 1.165) is 23.7 Å². The molecule has 1 rings (SSSR count). The van der Waals surface area contributed by atoms with E-state index in [1.54, 1.807) is 0 Å². The van der Waals surface area contributed by atoms with Crippen molar-refractivity contribution in [1.29, 1.82) is 0 Å². The van der Waals surface area contributed by atoms with Crippen molar-refractivity contribution in [2.75, 3.05) is 11.9 Å². The van der Waals surface area contributed by atoms with Crippen LogP contribution in [0, 0.1) is 0 Å². The summed E-state index contributed by atoms with van der Waals surface area (Å²) in [6, 6.07) is 6.83. The number of rotatable bonds is 6. The van der Waals surface area contributed by atoms with Gasteiger partial charge in [0, 0.05) is 28.8 Å². The third kappa shape index (κ3) is 4.22. The van der Waals surface area contributed by atoms with Crippen LogP contribution in [-0.4, -0.2) is 18.6 Å². The van der Waals surface area contributed by atoms with Crippen LogP contribution in [0.2, 0.25) is 0 Å². The number of hydrogen-bond acceptors (Lipinski definition) is 2. The summed E-state index contributed by atoms with van der Waals surface area (Å²) < 4.78 is 1.16. The maximum Gasteiger partial charge on any atom is 0.0379 e. The topological polar surface area (TPSA) is 29.3 Å². The first-order valence-corrected chi connectivity index (χ1v) is 7.89. The van der Waals surface area contributed by atoms with Crippen LogP contribution in [-0.2, 0) is 6.42 Å². The van der Waals surface area contributed by atoms with Gasteiger partial charge in [0.15, 0.2) is 0 Å². The highest BCUT2D eigenvalue weighted by Crippen LogP contribution is 2.29. The highest BCUT2D eigenvalue weighted by molar-refractivity contribution is 9.10. The van der Waals surface area contributed by atoms with Crippen molar-refractivity contribution in [3.63, 3.8) is 0 Å². The van der Waals surface area contributed by atoms with Crippen molar-refractivity contribution in [3.05, 3.63) is 28.2 Å². The average molecular weight is 327 g/mol. The molecule has 0 spiro atoms. The number of nitrogens with two attached hydrogens (primary N) is 1. The lowest BCUT2D eigenvalue weighted by Gasteiger charge is -2.37. The van der Waals surface area contributed by atoms with Gasteiger partial charge in [0.1, 0.15) is 0 Å². The zero-order chi connectivity index (χ0) is 14.6. The molecular formula is C16H27BrN2. The number of hydrogen-bond donors (Lipinski definition) is 1. The molecule has 0 radical (unpaired) electrons. The Morgan fingerprint density at radius 2 is 1.95 bits per heavy atom. The van der Waals surface area contributed by atoms with E-state index in [9.17, 15) is 0 Å². The minimum atomic E-state index is 0.167. The zero-order valence-corrected chi connectivity index (χ0v) is 14.4. The summed E-state index contributed by atoms with van der Waals surface area (Å²) in [5.41, 5.74) is 8.73. The second-order valence-electron chi connectivity index (χ2n) is 5.87. The Bertz CT molecular complexity index is 415. The Hall–Kier alpha value is -0.540. The lowest BCUT2D eigenvalue weighted by Crippen LogP contribution is -2.40. The van der Waals surface area contributed by atoms with Gasteiger partial charge in [-0.1, -0.05) is 35.8 Å². The zero-order valence-electron chi connectivity index (χ0n) is 12.8. The standard InChI is InChI=1S/C16H27BrN2/c1-6-13(18)10-12-8-9-14(11-15(12)17)19(5)16(3,4)7-2/h8-9,11,13H,6-7,10,18H2,1-5H3. The normalized spacial score (nSPS) is 13.4. The SMILES string of the molecule is CCC(N)Cc1ccc(N(C)C(C)(C)CC)cc1Br. The summed E-state index contributed by atoms with van der Waals surface area (Å²) in [5.74, 6) is 0. The Morgan fingerprint density at radius 3 is 2.42 bits per heavy atom. The van der Waals surface area contributed by atoms with E-state index >= 15 is 0 Å². The second kappa shape index (κ2) is 6.76. The summed E-state index contributed by atoms with van der Waals surface area (Å²) in [5, 5.41) is 0. The molecule has 0 amide bonds. The quantitative estimate of drug-likeness (QED) is 0.841. The molecule has 19 heavy (non-hydrogen) atoms. The van der Waals surface area contributed by atoms with Crippen molar-refractivity contribution in [1.82, 2.24) is 0 Å². The molecule has 2 N–H and O–H groups in total. The molecule has 0 bridgehead atoms. The molecule has 0 aromatic heterocycles. The molecule has 2 nitrogen and oxygen atoms in total. The van der Waals surface area contributed by atoms with Crippen LogP contribution in [0.3, 0.4) is 0 Å². The van der Waals surface area contributed by atoms with Crippen LogP contribution < -0.4 is 10.6 Å². The Morgan fingerprint density at radius 1 is 1.32 bits per heavy atom. The van der Waals surface area contributed by atoms with Gasteiger partial charge in [0.05, 0.1) is 0 Å². The molecule has 0 aliphatic rings. The predicted octanol–water partition coefficient (Wildman–Crippen LogP) is 4.35. The smallest absolute Gasteiger partial charge is 0.0379 e. The molecule has 0 heterocycles. The summed E-state index contributed by atoms with van der Waals surface area (Å²) in [4.78, 5) is 2.33. The second-order valence-corrected chi connectivity index (χ2v) is 6.73. The van der Waals surface area contributed by atoms with Gasteiger partial charge in [0.2, 0.25) is 0 Å². The molecule has 0 saturated heterocycles. The minimum Gasteiger partial charge on any atom is -0.369 e. The summed E-state index contributed by atoms with van der Waals surface area (Å²) in [7, 11) is 2.16. The fourth-order valence-corrected chi connectivity index (χ4v) is 2.45. The fraction of sp³-hybridized carbons (Fsp3) is 0.625. The van der Waals surface area contributed by atoms with Crippen molar-refractivity contribution < 1.29 is 0 Å². The largest absolute Gasteiger partial charge is 0.369 e. The summed E-state index contributed by atoms with van der Waals surface area (Å²) in [6.45, 7) is 8.88. The molecule has 0 aliphatic carbocycles. The molecule has 1 aromatic rings. The Kier molecular flexibility index (Phi) is 5.87. The number of halogens is 1. The minimum absolute atomic E-state index is 0.167. The van der Waals surface area contributed by atoms with E-state index in [2.05, 4.69) is 73.8 Å². The van der Waals surface area contributed by atoms with Gasteiger partial charge >= 0.3 is 0 Å². The molecular weight excluding hydrogens is 300 g/mol. The van der Waals surface area contributed by atoms with Gasteiger partial charge in [-0.05, 0) is 50.8 Å². The van der Waals surface area contributed by atoms with Crippen LogP contribution in [0.15, 0.2) is 22.7 Å². The average Bonchev–Trinajstić information content (AvgIpc) is 2.39. The van der Waals surface area contributed by atoms with Crippen LogP contribution >= 0.6 is 15.9 Å². The predicted molar refractivity (Wildman–Crippen MR) is 88.9 cm³/mol. The van der Waals surface area contributed by atoms with Crippen molar-refractivity contribution in [3.8, 4) is 0 Å². The third-order valence-corrected chi connectivity index (χ3v) is 4.94. The number of benzene rings is 1. The maximum absolute atomic E-state index is 6.03. The highest BCUT2D eigenvalue weighted by atomic mass is 79.9. The third-order valence-electron chi connectivity index (χ3n) is 4.20. The Labute approximate surface area is 126 Å². The van der Waals surface area contributed by atoms with Gasteiger partial charge in [-0.2, -0.15) is 0 Å². The number of nitrogens with zero attached hydrogens (tertiary/aromatic N) is 1. The van der Waals surface area contributed by atoms with E-state index < -0.39 is 0 Å². The van der Waals surface area contributed by atoms with Crippen LogP contribution in [0.5, 0.6) is 0 Å². The van der Waals surface area contributed by atoms with Crippen LogP contribution in [0.25, 0.3) is 0 Å². The molecule has 0 fully saturated rings. The lowest BCUT2D eigenvalue weighted by atomic mass is 9.98. The number of anilines is 1. The molecule has 1 atom stereocenters. The molecule has 108 valence electrons.